The van der Waals surface area contributed by atoms with E-state index in [9.17, 15) is 9.59 Å². The minimum atomic E-state index is -0.415. The number of benzene rings is 2. The van der Waals surface area contributed by atoms with E-state index in [0.29, 0.717) is 0 Å². The van der Waals surface area contributed by atoms with E-state index in [2.05, 4.69) is 10.6 Å². The van der Waals surface area contributed by atoms with Crippen molar-refractivity contribution in [2.24, 2.45) is 0 Å². The second-order valence-electron chi connectivity index (χ2n) is 6.33. The van der Waals surface area contributed by atoms with Crippen molar-refractivity contribution < 1.29 is 9.59 Å². The van der Waals surface area contributed by atoms with Crippen molar-refractivity contribution >= 4 is 28.3 Å². The Morgan fingerprint density at radius 2 is 1.71 bits per heavy atom. The lowest BCUT2D eigenvalue weighted by Gasteiger charge is -2.24. The van der Waals surface area contributed by atoms with Gasteiger partial charge in [-0.2, -0.15) is 0 Å². The van der Waals surface area contributed by atoms with E-state index in [1.165, 1.54) is 0 Å². The predicted octanol–water partition coefficient (Wildman–Crippen LogP) is 2.62. The van der Waals surface area contributed by atoms with Crippen LogP contribution < -0.4 is 10.6 Å². The Bertz CT molecular complexity index is 722. The summed E-state index contributed by atoms with van der Waals surface area (Å²) in [5.41, 5.74) is 0.782. The van der Waals surface area contributed by atoms with Gasteiger partial charge in [0.05, 0.1) is 12.6 Å². The first kappa shape index (κ1) is 17.9. The second kappa shape index (κ2) is 7.93. The molecule has 2 amide bonds. The number of carbonyl (C=O) groups is 2. The fourth-order valence-electron chi connectivity index (χ4n) is 2.50. The van der Waals surface area contributed by atoms with Gasteiger partial charge in [-0.15, -0.1) is 0 Å². The van der Waals surface area contributed by atoms with Crippen molar-refractivity contribution in [2.45, 2.75) is 32.9 Å². The van der Waals surface area contributed by atoms with Gasteiger partial charge in [-0.1, -0.05) is 36.4 Å². The molecule has 0 radical (unpaired) electrons. The molecule has 1 atom stereocenters. The molecular formula is C19H25N3O2. The van der Waals surface area contributed by atoms with Crippen LogP contribution in [-0.2, 0) is 9.59 Å². The molecule has 24 heavy (non-hydrogen) atoms. The number of hydrogen-bond donors (Lipinski definition) is 2. The first-order valence-corrected chi connectivity index (χ1v) is 8.16. The molecule has 0 unspecified atom stereocenters. The standard InChI is InChI=1S/C19H25N3O2/c1-13(2)20-18(23)12-22(4)14(3)19(24)21-17-11-7-9-15-8-5-6-10-16(15)17/h5-11,13-14H,12H2,1-4H3,(H,20,23)(H,21,24)/t14-/m0/s1. The lowest BCUT2D eigenvalue weighted by atomic mass is 10.1. The second-order valence-corrected chi connectivity index (χ2v) is 6.33. The van der Waals surface area contributed by atoms with Gasteiger partial charge in [-0.3, -0.25) is 14.5 Å². The van der Waals surface area contributed by atoms with Crippen LogP contribution in [-0.4, -0.2) is 42.4 Å². The van der Waals surface area contributed by atoms with E-state index in [0.717, 1.165) is 16.5 Å². The molecule has 2 N–H and O–H groups in total. The van der Waals surface area contributed by atoms with Crippen molar-refractivity contribution in [3.05, 3.63) is 42.5 Å². The summed E-state index contributed by atoms with van der Waals surface area (Å²) in [4.78, 5) is 26.1. The van der Waals surface area contributed by atoms with Crippen LogP contribution in [0.5, 0.6) is 0 Å². The molecule has 5 nitrogen and oxygen atoms in total. The van der Waals surface area contributed by atoms with Gasteiger partial charge in [0.1, 0.15) is 0 Å². The van der Waals surface area contributed by atoms with E-state index in [-0.39, 0.29) is 24.4 Å². The molecule has 0 aliphatic carbocycles. The molecule has 0 aromatic heterocycles. The van der Waals surface area contributed by atoms with E-state index in [4.69, 9.17) is 0 Å². The number of amides is 2. The van der Waals surface area contributed by atoms with Crippen LogP contribution in [0.2, 0.25) is 0 Å². The molecule has 0 aliphatic rings. The molecule has 2 rings (SSSR count). The van der Waals surface area contributed by atoms with Gasteiger partial charge in [-0.05, 0) is 39.3 Å². The molecule has 0 aliphatic heterocycles. The van der Waals surface area contributed by atoms with Crippen molar-refractivity contribution in [1.82, 2.24) is 10.2 Å². The van der Waals surface area contributed by atoms with Crippen LogP contribution in [0, 0.1) is 0 Å². The Labute approximate surface area is 143 Å². The molecule has 2 aromatic carbocycles. The Hall–Kier alpha value is -2.40. The Balaban J connectivity index is 2.04. The lowest BCUT2D eigenvalue weighted by molar-refractivity contribution is -0.125. The zero-order valence-corrected chi connectivity index (χ0v) is 14.7. The zero-order chi connectivity index (χ0) is 17.7. The van der Waals surface area contributed by atoms with Gasteiger partial charge in [0.15, 0.2) is 0 Å². The number of rotatable bonds is 6. The molecule has 2 aromatic rings. The number of likely N-dealkylation sites (N-methyl/N-ethyl adjacent to an activating group) is 1. The maximum Gasteiger partial charge on any atom is 0.241 e. The number of fused-ring (bicyclic) bond motifs is 1. The topological polar surface area (TPSA) is 61.4 Å². The summed E-state index contributed by atoms with van der Waals surface area (Å²) in [5, 5.41) is 7.87. The third kappa shape index (κ3) is 4.55. The van der Waals surface area contributed by atoms with Crippen LogP contribution in [0.25, 0.3) is 10.8 Å². The monoisotopic (exact) mass is 327 g/mol. The fourth-order valence-corrected chi connectivity index (χ4v) is 2.50. The summed E-state index contributed by atoms with van der Waals surface area (Å²) >= 11 is 0. The van der Waals surface area contributed by atoms with Gasteiger partial charge in [0.2, 0.25) is 11.8 Å². The van der Waals surface area contributed by atoms with Crippen LogP contribution in [0.15, 0.2) is 42.5 Å². The number of nitrogens with zero attached hydrogens (tertiary/aromatic N) is 1. The van der Waals surface area contributed by atoms with Gasteiger partial charge >= 0.3 is 0 Å². The summed E-state index contributed by atoms with van der Waals surface area (Å²) in [6.45, 7) is 5.80. The minimum absolute atomic E-state index is 0.0858. The number of anilines is 1. The van der Waals surface area contributed by atoms with Crippen molar-refractivity contribution in [1.29, 1.82) is 0 Å². The number of hydrogen-bond acceptors (Lipinski definition) is 3. The van der Waals surface area contributed by atoms with Crippen LogP contribution in [0.3, 0.4) is 0 Å². The fraction of sp³-hybridized carbons (Fsp3) is 0.368. The van der Waals surface area contributed by atoms with Gasteiger partial charge in [0, 0.05) is 17.1 Å². The molecule has 0 fully saturated rings. The average Bonchev–Trinajstić information content (AvgIpc) is 2.53. The summed E-state index contributed by atoms with van der Waals surface area (Å²) in [6, 6.07) is 13.4. The maximum atomic E-state index is 12.5. The Morgan fingerprint density at radius 3 is 2.42 bits per heavy atom. The highest BCUT2D eigenvalue weighted by atomic mass is 16.2. The van der Waals surface area contributed by atoms with Gasteiger partial charge in [0.25, 0.3) is 0 Å². The maximum absolute atomic E-state index is 12.5. The van der Waals surface area contributed by atoms with Gasteiger partial charge in [-0.25, -0.2) is 0 Å². The highest BCUT2D eigenvalue weighted by Crippen LogP contribution is 2.23. The SMILES string of the molecule is CC(C)NC(=O)CN(C)[C@@H](C)C(=O)Nc1cccc2ccccc12. The number of carbonyl (C=O) groups excluding carboxylic acids is 2. The van der Waals surface area contributed by atoms with E-state index >= 15 is 0 Å². The first-order chi connectivity index (χ1) is 11.4. The molecule has 5 heteroatoms. The molecular weight excluding hydrogens is 302 g/mol. The smallest absolute Gasteiger partial charge is 0.241 e. The molecule has 0 saturated carbocycles. The average molecular weight is 327 g/mol. The van der Waals surface area contributed by atoms with Crippen LogP contribution >= 0.6 is 0 Å². The largest absolute Gasteiger partial charge is 0.353 e. The first-order valence-electron chi connectivity index (χ1n) is 8.16. The number of nitrogens with one attached hydrogen (secondary N) is 2. The van der Waals surface area contributed by atoms with Crippen molar-refractivity contribution in [3.8, 4) is 0 Å². The molecule has 0 spiro atoms. The van der Waals surface area contributed by atoms with Crippen molar-refractivity contribution in [3.63, 3.8) is 0 Å². The summed E-state index contributed by atoms with van der Waals surface area (Å²) in [5.74, 6) is -0.219. The normalized spacial score (nSPS) is 12.4. The minimum Gasteiger partial charge on any atom is -0.353 e. The van der Waals surface area contributed by atoms with Gasteiger partial charge < -0.3 is 10.6 Å². The van der Waals surface area contributed by atoms with E-state index < -0.39 is 6.04 Å². The zero-order valence-electron chi connectivity index (χ0n) is 14.7. The Kier molecular flexibility index (Phi) is 5.93. The molecule has 0 heterocycles. The molecule has 0 saturated heterocycles. The summed E-state index contributed by atoms with van der Waals surface area (Å²) in [6.07, 6.45) is 0. The summed E-state index contributed by atoms with van der Waals surface area (Å²) in [7, 11) is 1.77. The quantitative estimate of drug-likeness (QED) is 0.857. The highest BCUT2D eigenvalue weighted by molar-refractivity contribution is 6.03. The van der Waals surface area contributed by atoms with Crippen LogP contribution in [0.1, 0.15) is 20.8 Å². The third-order valence-corrected chi connectivity index (χ3v) is 3.93. The van der Waals surface area contributed by atoms with Crippen LogP contribution in [0.4, 0.5) is 5.69 Å². The third-order valence-electron chi connectivity index (χ3n) is 3.93. The lowest BCUT2D eigenvalue weighted by Crippen LogP contribution is -2.46. The predicted molar refractivity (Wildman–Crippen MR) is 97.9 cm³/mol. The van der Waals surface area contributed by atoms with E-state index in [1.54, 1.807) is 18.9 Å². The molecule has 0 bridgehead atoms. The Morgan fingerprint density at radius 1 is 1.04 bits per heavy atom. The summed E-state index contributed by atoms with van der Waals surface area (Å²) < 4.78 is 0. The molecule has 128 valence electrons. The van der Waals surface area contributed by atoms with E-state index in [1.807, 2.05) is 56.3 Å². The van der Waals surface area contributed by atoms with Crippen molar-refractivity contribution in [2.75, 3.05) is 18.9 Å². The highest BCUT2D eigenvalue weighted by Gasteiger charge is 2.20.